The van der Waals surface area contributed by atoms with E-state index < -0.39 is 5.41 Å². The van der Waals surface area contributed by atoms with Gasteiger partial charge in [0, 0.05) is 31.2 Å². The van der Waals surface area contributed by atoms with Crippen molar-refractivity contribution in [1.82, 2.24) is 4.90 Å². The molecule has 1 saturated carbocycles. The summed E-state index contributed by atoms with van der Waals surface area (Å²) in [4.78, 5) is 29.3. The van der Waals surface area contributed by atoms with Gasteiger partial charge in [-0.2, -0.15) is 0 Å². The normalized spacial score (nSPS) is 18.1. The number of anilines is 1. The lowest BCUT2D eigenvalue weighted by molar-refractivity contribution is -0.157. The number of piperazine rings is 1. The minimum atomic E-state index is -0.700. The highest BCUT2D eigenvalue weighted by atomic mass is 35.5. The SMILES string of the molecule is O=C(COC(=O)C1(c2ccc(Cl)cc2)CCCC1)N1CCN(c2ccccc2F)CC1. The second-order valence-electron chi connectivity index (χ2n) is 8.19. The Morgan fingerprint density at radius 2 is 1.61 bits per heavy atom. The highest BCUT2D eigenvalue weighted by Gasteiger charge is 2.44. The van der Waals surface area contributed by atoms with E-state index in [9.17, 15) is 14.0 Å². The van der Waals surface area contributed by atoms with E-state index in [1.54, 1.807) is 35.2 Å². The first-order chi connectivity index (χ1) is 15.0. The highest BCUT2D eigenvalue weighted by molar-refractivity contribution is 6.30. The van der Waals surface area contributed by atoms with Crippen molar-refractivity contribution in [3.05, 3.63) is 64.9 Å². The van der Waals surface area contributed by atoms with Crippen molar-refractivity contribution < 1.29 is 18.7 Å². The van der Waals surface area contributed by atoms with E-state index in [0.29, 0.717) is 49.7 Å². The molecule has 7 heteroatoms. The molecule has 1 amide bonds. The Bertz CT molecular complexity index is 936. The molecule has 2 aromatic rings. The van der Waals surface area contributed by atoms with Gasteiger partial charge in [0.2, 0.25) is 0 Å². The molecule has 1 aliphatic heterocycles. The molecule has 2 aliphatic rings. The minimum absolute atomic E-state index is 0.217. The van der Waals surface area contributed by atoms with Crippen LogP contribution in [0, 0.1) is 5.82 Å². The van der Waals surface area contributed by atoms with Gasteiger partial charge in [0.05, 0.1) is 11.1 Å². The van der Waals surface area contributed by atoms with Crippen LogP contribution in [-0.4, -0.2) is 49.6 Å². The van der Waals surface area contributed by atoms with Crippen LogP contribution in [0.25, 0.3) is 0 Å². The molecule has 1 heterocycles. The van der Waals surface area contributed by atoms with Gasteiger partial charge in [0.1, 0.15) is 5.82 Å². The predicted molar refractivity (Wildman–Crippen MR) is 118 cm³/mol. The van der Waals surface area contributed by atoms with Crippen molar-refractivity contribution in [1.29, 1.82) is 0 Å². The third-order valence-corrected chi connectivity index (χ3v) is 6.65. The average Bonchev–Trinajstić information content (AvgIpc) is 3.29. The zero-order chi connectivity index (χ0) is 21.8. The number of amides is 1. The Morgan fingerprint density at radius 1 is 0.968 bits per heavy atom. The summed E-state index contributed by atoms with van der Waals surface area (Å²) in [6.45, 7) is 1.73. The second-order valence-corrected chi connectivity index (χ2v) is 8.63. The molecular formula is C24H26ClFN2O3. The summed E-state index contributed by atoms with van der Waals surface area (Å²) in [5.41, 5.74) is 0.742. The van der Waals surface area contributed by atoms with Crippen molar-refractivity contribution in [2.24, 2.45) is 0 Å². The molecule has 2 fully saturated rings. The number of hydrogen-bond acceptors (Lipinski definition) is 4. The highest BCUT2D eigenvalue weighted by Crippen LogP contribution is 2.42. The van der Waals surface area contributed by atoms with Crippen molar-refractivity contribution >= 4 is 29.2 Å². The van der Waals surface area contributed by atoms with E-state index in [1.807, 2.05) is 17.0 Å². The van der Waals surface area contributed by atoms with E-state index in [-0.39, 0.29) is 24.3 Å². The monoisotopic (exact) mass is 444 g/mol. The number of esters is 1. The predicted octanol–water partition coefficient (Wildman–Crippen LogP) is 4.18. The maximum atomic E-state index is 14.0. The van der Waals surface area contributed by atoms with Crippen molar-refractivity contribution in [2.75, 3.05) is 37.7 Å². The number of carbonyl (C=O) groups is 2. The molecule has 5 nitrogen and oxygen atoms in total. The first kappa shape index (κ1) is 21.6. The van der Waals surface area contributed by atoms with Gasteiger partial charge in [-0.3, -0.25) is 9.59 Å². The molecule has 0 bridgehead atoms. The van der Waals surface area contributed by atoms with Gasteiger partial charge in [-0.05, 0) is 42.7 Å². The standard InChI is InChI=1S/C24H26ClFN2O3/c25-19-9-7-18(8-10-19)24(11-3-4-12-24)23(30)31-17-22(29)28-15-13-27(14-16-28)21-6-2-1-5-20(21)26/h1-2,5-10H,3-4,11-17H2. The van der Waals surface area contributed by atoms with E-state index in [4.69, 9.17) is 16.3 Å². The number of rotatable bonds is 5. The molecule has 2 aromatic carbocycles. The molecule has 0 unspecified atom stereocenters. The van der Waals surface area contributed by atoms with Crippen LogP contribution >= 0.6 is 11.6 Å². The molecule has 1 saturated heterocycles. The maximum Gasteiger partial charge on any atom is 0.317 e. The first-order valence-corrected chi connectivity index (χ1v) is 11.1. The smallest absolute Gasteiger partial charge is 0.317 e. The Balaban J connectivity index is 1.33. The van der Waals surface area contributed by atoms with Crippen LogP contribution in [0.2, 0.25) is 5.02 Å². The fourth-order valence-corrected chi connectivity index (χ4v) is 4.75. The molecule has 1 aliphatic carbocycles. The third-order valence-electron chi connectivity index (χ3n) is 6.40. The average molecular weight is 445 g/mol. The third kappa shape index (κ3) is 4.54. The number of para-hydroxylation sites is 1. The van der Waals surface area contributed by atoms with E-state index in [2.05, 4.69) is 0 Å². The number of nitrogens with zero attached hydrogens (tertiary/aromatic N) is 2. The fraction of sp³-hybridized carbons (Fsp3) is 0.417. The Labute approximate surface area is 186 Å². The van der Waals surface area contributed by atoms with Crippen molar-refractivity contribution in [3.63, 3.8) is 0 Å². The van der Waals surface area contributed by atoms with Crippen molar-refractivity contribution in [2.45, 2.75) is 31.1 Å². The van der Waals surface area contributed by atoms with E-state index >= 15 is 0 Å². The van der Waals surface area contributed by atoms with Gasteiger partial charge in [0.25, 0.3) is 5.91 Å². The number of ether oxygens (including phenoxy) is 1. The summed E-state index contributed by atoms with van der Waals surface area (Å²) in [5, 5.41) is 0.620. The number of carbonyl (C=O) groups excluding carboxylic acids is 2. The summed E-state index contributed by atoms with van der Waals surface area (Å²) >= 11 is 6.00. The summed E-state index contributed by atoms with van der Waals surface area (Å²) < 4.78 is 19.5. The molecule has 0 radical (unpaired) electrons. The van der Waals surface area contributed by atoms with Crippen LogP contribution in [0.15, 0.2) is 48.5 Å². The Morgan fingerprint density at radius 3 is 2.26 bits per heavy atom. The van der Waals surface area contributed by atoms with Gasteiger partial charge >= 0.3 is 5.97 Å². The van der Waals surface area contributed by atoms with Gasteiger partial charge in [-0.25, -0.2) is 4.39 Å². The zero-order valence-corrected chi connectivity index (χ0v) is 18.1. The van der Waals surface area contributed by atoms with Crippen LogP contribution in [0.4, 0.5) is 10.1 Å². The van der Waals surface area contributed by atoms with Gasteiger partial charge in [0.15, 0.2) is 6.61 Å². The molecule has 0 spiro atoms. The molecule has 0 atom stereocenters. The Hall–Kier alpha value is -2.60. The molecule has 164 valence electrons. The molecule has 4 rings (SSSR count). The van der Waals surface area contributed by atoms with Crippen molar-refractivity contribution in [3.8, 4) is 0 Å². The van der Waals surface area contributed by atoms with Crippen LogP contribution in [0.1, 0.15) is 31.2 Å². The lowest BCUT2D eigenvalue weighted by Gasteiger charge is -2.36. The largest absolute Gasteiger partial charge is 0.455 e. The Kier molecular flexibility index (Phi) is 6.46. The van der Waals surface area contributed by atoms with Crippen LogP contribution < -0.4 is 4.90 Å². The van der Waals surface area contributed by atoms with Crippen LogP contribution in [0.5, 0.6) is 0 Å². The lowest BCUT2D eigenvalue weighted by Crippen LogP contribution is -2.50. The summed E-state index contributed by atoms with van der Waals surface area (Å²) in [5.74, 6) is -0.822. The maximum absolute atomic E-state index is 14.0. The number of benzene rings is 2. The lowest BCUT2D eigenvalue weighted by atomic mass is 9.79. The zero-order valence-electron chi connectivity index (χ0n) is 17.4. The summed E-state index contributed by atoms with van der Waals surface area (Å²) in [7, 11) is 0. The van der Waals surface area contributed by atoms with Gasteiger partial charge < -0.3 is 14.5 Å². The second kappa shape index (κ2) is 9.27. The van der Waals surface area contributed by atoms with Gasteiger partial charge in [-0.1, -0.05) is 48.7 Å². The first-order valence-electron chi connectivity index (χ1n) is 10.7. The molecular weight excluding hydrogens is 419 g/mol. The number of halogens is 2. The van der Waals surface area contributed by atoms with E-state index in [1.165, 1.54) is 6.07 Å². The minimum Gasteiger partial charge on any atom is -0.455 e. The topological polar surface area (TPSA) is 49.9 Å². The fourth-order valence-electron chi connectivity index (χ4n) is 4.62. The van der Waals surface area contributed by atoms with Crippen LogP contribution in [-0.2, 0) is 19.7 Å². The molecule has 31 heavy (non-hydrogen) atoms. The molecule has 0 N–H and O–H groups in total. The number of hydrogen-bond donors (Lipinski definition) is 0. The summed E-state index contributed by atoms with van der Waals surface area (Å²) in [6, 6.07) is 14.0. The van der Waals surface area contributed by atoms with E-state index in [0.717, 1.165) is 18.4 Å². The van der Waals surface area contributed by atoms with Gasteiger partial charge in [-0.15, -0.1) is 0 Å². The quantitative estimate of drug-likeness (QED) is 0.649. The molecule has 0 aromatic heterocycles. The van der Waals surface area contributed by atoms with Crippen LogP contribution in [0.3, 0.4) is 0 Å². The summed E-state index contributed by atoms with van der Waals surface area (Å²) in [6.07, 6.45) is 3.32.